The van der Waals surface area contributed by atoms with Crippen molar-refractivity contribution in [3.63, 3.8) is 0 Å². The zero-order valence-electron chi connectivity index (χ0n) is 25.3. The first-order chi connectivity index (χ1) is 21.2. The highest BCUT2D eigenvalue weighted by atomic mass is 32.2. The Morgan fingerprint density at radius 2 is 1.86 bits per heavy atom. The first-order valence-electron chi connectivity index (χ1n) is 14.6. The molecule has 6 rings (SSSR count). The summed E-state index contributed by atoms with van der Waals surface area (Å²) in [6, 6.07) is 16.3. The maximum absolute atomic E-state index is 13.7. The van der Waals surface area contributed by atoms with Gasteiger partial charge in [0.2, 0.25) is 10.0 Å². The molecule has 1 atom stereocenters. The molecule has 1 fully saturated rings. The Bertz CT molecular complexity index is 1980. The molecule has 1 aliphatic heterocycles. The SMILES string of the molecule is CCCOc1ccc(S(=O)(=O)N2CC[C@@H](N(C)C)C2)cc1-c1nc2cc3ncn(Cc4ccc(OC)cc4)c3cc2c(=O)[nH]1. The number of H-pyrrole nitrogens is 1. The number of fused-ring (bicyclic) bond motifs is 2. The molecule has 0 bridgehead atoms. The van der Waals surface area contributed by atoms with Crippen LogP contribution in [0.1, 0.15) is 25.3 Å². The van der Waals surface area contributed by atoms with Crippen LogP contribution in [0.4, 0.5) is 0 Å². The lowest BCUT2D eigenvalue weighted by atomic mass is 10.1. The lowest BCUT2D eigenvalue weighted by molar-refractivity contribution is 0.302. The fourth-order valence-electron chi connectivity index (χ4n) is 5.56. The standard InChI is InChI=1S/C32H36N6O5S/c1-5-14-43-30-11-10-24(44(40,41)38-13-12-22(19-38)36(2)3)15-26(30)31-34-27-17-28-29(16-25(27)32(39)35-31)37(20-33-28)18-21-6-8-23(42-4)9-7-21/h6-11,15-17,20,22H,5,12-14,18-19H2,1-4H3,(H,34,35,39)/t22-/m1/s1. The Hall–Kier alpha value is -4.26. The lowest BCUT2D eigenvalue weighted by Crippen LogP contribution is -2.34. The first kappa shape index (κ1) is 29.8. The fraction of sp³-hybridized carbons (Fsp3) is 0.344. The van der Waals surface area contributed by atoms with Crippen molar-refractivity contribution in [3.8, 4) is 22.9 Å². The number of aromatic nitrogens is 4. The molecule has 0 unspecified atom stereocenters. The number of sulfonamides is 1. The van der Waals surface area contributed by atoms with Crippen molar-refractivity contribution in [3.05, 3.63) is 76.8 Å². The van der Waals surface area contributed by atoms with Crippen LogP contribution in [0.15, 0.2) is 70.6 Å². The third kappa shape index (κ3) is 5.68. The van der Waals surface area contributed by atoms with Crippen molar-refractivity contribution in [1.29, 1.82) is 0 Å². The van der Waals surface area contributed by atoms with Gasteiger partial charge < -0.3 is 23.9 Å². The van der Waals surface area contributed by atoms with E-state index in [1.807, 2.05) is 54.8 Å². The highest BCUT2D eigenvalue weighted by molar-refractivity contribution is 7.89. The van der Waals surface area contributed by atoms with Gasteiger partial charge in [-0.1, -0.05) is 19.1 Å². The van der Waals surface area contributed by atoms with Crippen molar-refractivity contribution in [2.75, 3.05) is 40.9 Å². The number of rotatable bonds is 10. The number of ether oxygens (including phenoxy) is 2. The zero-order valence-corrected chi connectivity index (χ0v) is 26.1. The maximum atomic E-state index is 13.7. The molecule has 0 amide bonds. The zero-order chi connectivity index (χ0) is 31.0. The second-order valence-electron chi connectivity index (χ2n) is 11.3. The second-order valence-corrected chi connectivity index (χ2v) is 13.2. The quantitative estimate of drug-likeness (QED) is 0.249. The van der Waals surface area contributed by atoms with Gasteiger partial charge in [0.05, 0.1) is 52.4 Å². The molecule has 3 aromatic carbocycles. The van der Waals surface area contributed by atoms with Crippen LogP contribution in [0.5, 0.6) is 11.5 Å². The molecule has 0 radical (unpaired) electrons. The number of imidazole rings is 1. The maximum Gasteiger partial charge on any atom is 0.259 e. The molecule has 11 nitrogen and oxygen atoms in total. The molecule has 44 heavy (non-hydrogen) atoms. The third-order valence-corrected chi connectivity index (χ3v) is 9.98. The van der Waals surface area contributed by atoms with Gasteiger partial charge in [0, 0.05) is 25.7 Å². The van der Waals surface area contributed by atoms with Gasteiger partial charge in [-0.3, -0.25) is 4.79 Å². The molecular weight excluding hydrogens is 580 g/mol. The minimum Gasteiger partial charge on any atom is -0.497 e. The van der Waals surface area contributed by atoms with Crippen molar-refractivity contribution in [2.24, 2.45) is 0 Å². The molecule has 0 saturated carbocycles. The van der Waals surface area contributed by atoms with Crippen LogP contribution in [-0.2, 0) is 16.6 Å². The summed E-state index contributed by atoms with van der Waals surface area (Å²) in [7, 11) is 1.78. The number of hydrogen-bond donors (Lipinski definition) is 1. The number of likely N-dealkylation sites (N-methyl/N-ethyl adjacent to an activating group) is 1. The van der Waals surface area contributed by atoms with Crippen LogP contribution in [0, 0.1) is 0 Å². The highest BCUT2D eigenvalue weighted by Gasteiger charge is 2.34. The van der Waals surface area contributed by atoms with Crippen molar-refractivity contribution < 1.29 is 17.9 Å². The number of aromatic amines is 1. The first-order valence-corrected chi connectivity index (χ1v) is 16.1. The predicted molar refractivity (Wildman–Crippen MR) is 170 cm³/mol. The van der Waals surface area contributed by atoms with E-state index in [-0.39, 0.29) is 22.3 Å². The molecule has 5 aromatic rings. The van der Waals surface area contributed by atoms with Gasteiger partial charge in [-0.25, -0.2) is 18.4 Å². The third-order valence-electron chi connectivity index (χ3n) is 8.12. The summed E-state index contributed by atoms with van der Waals surface area (Å²) in [6.45, 7) is 3.86. The fourth-order valence-corrected chi connectivity index (χ4v) is 7.08. The van der Waals surface area contributed by atoms with E-state index in [0.717, 1.165) is 29.7 Å². The Balaban J connectivity index is 1.39. The van der Waals surface area contributed by atoms with Crippen molar-refractivity contribution >= 4 is 32.0 Å². The number of methoxy groups -OCH3 is 1. The van der Waals surface area contributed by atoms with E-state index in [1.54, 1.807) is 43.8 Å². The number of nitrogens with zero attached hydrogens (tertiary/aromatic N) is 5. The van der Waals surface area contributed by atoms with Crippen LogP contribution in [0.25, 0.3) is 33.3 Å². The molecule has 2 aromatic heterocycles. The monoisotopic (exact) mass is 616 g/mol. The predicted octanol–water partition coefficient (Wildman–Crippen LogP) is 4.11. The smallest absolute Gasteiger partial charge is 0.259 e. The van der Waals surface area contributed by atoms with E-state index in [1.165, 1.54) is 4.31 Å². The minimum atomic E-state index is -3.77. The summed E-state index contributed by atoms with van der Waals surface area (Å²) in [5, 5.41) is 0.407. The summed E-state index contributed by atoms with van der Waals surface area (Å²) in [4.78, 5) is 27.9. The van der Waals surface area contributed by atoms with Crippen LogP contribution >= 0.6 is 0 Å². The average molecular weight is 617 g/mol. The summed E-state index contributed by atoms with van der Waals surface area (Å²) in [5.41, 5.74) is 3.08. The Morgan fingerprint density at radius 1 is 1.07 bits per heavy atom. The topological polar surface area (TPSA) is 123 Å². The summed E-state index contributed by atoms with van der Waals surface area (Å²) in [6.07, 6.45) is 3.27. The molecule has 0 aliphatic carbocycles. The van der Waals surface area contributed by atoms with Crippen LogP contribution < -0.4 is 15.0 Å². The van der Waals surface area contributed by atoms with Crippen LogP contribution in [-0.4, -0.2) is 84.1 Å². The number of benzene rings is 3. The molecule has 0 spiro atoms. The van der Waals surface area contributed by atoms with Gasteiger partial charge in [0.1, 0.15) is 17.3 Å². The van der Waals surface area contributed by atoms with E-state index in [9.17, 15) is 13.2 Å². The summed E-state index contributed by atoms with van der Waals surface area (Å²) >= 11 is 0. The summed E-state index contributed by atoms with van der Waals surface area (Å²) < 4.78 is 42.0. The van der Waals surface area contributed by atoms with Gasteiger partial charge in [0.25, 0.3) is 5.56 Å². The molecule has 3 heterocycles. The molecule has 1 N–H and O–H groups in total. The van der Waals surface area contributed by atoms with Crippen molar-refractivity contribution in [2.45, 2.75) is 37.2 Å². The van der Waals surface area contributed by atoms with E-state index in [0.29, 0.717) is 54.0 Å². The lowest BCUT2D eigenvalue weighted by Gasteiger charge is -2.21. The molecular formula is C32H36N6O5S. The summed E-state index contributed by atoms with van der Waals surface area (Å²) in [5.74, 6) is 1.46. The molecule has 1 aliphatic rings. The van der Waals surface area contributed by atoms with Crippen molar-refractivity contribution in [1.82, 2.24) is 28.7 Å². The second kappa shape index (κ2) is 12.0. The minimum absolute atomic E-state index is 0.131. The highest BCUT2D eigenvalue weighted by Crippen LogP contribution is 2.33. The van der Waals surface area contributed by atoms with E-state index in [2.05, 4.69) is 9.97 Å². The Morgan fingerprint density at radius 3 is 2.57 bits per heavy atom. The molecule has 12 heteroatoms. The Kier molecular flexibility index (Phi) is 8.14. The van der Waals surface area contributed by atoms with E-state index >= 15 is 0 Å². The van der Waals surface area contributed by atoms with E-state index in [4.69, 9.17) is 14.5 Å². The van der Waals surface area contributed by atoms with Gasteiger partial charge >= 0.3 is 0 Å². The van der Waals surface area contributed by atoms with Gasteiger partial charge in [-0.05, 0) is 75.0 Å². The van der Waals surface area contributed by atoms with Crippen LogP contribution in [0.3, 0.4) is 0 Å². The largest absolute Gasteiger partial charge is 0.497 e. The normalized spacial score (nSPS) is 15.9. The van der Waals surface area contributed by atoms with Gasteiger partial charge in [-0.15, -0.1) is 0 Å². The van der Waals surface area contributed by atoms with Gasteiger partial charge in [0.15, 0.2) is 0 Å². The Labute approximate surface area is 256 Å². The number of hydrogen-bond acceptors (Lipinski definition) is 8. The molecule has 230 valence electrons. The van der Waals surface area contributed by atoms with E-state index < -0.39 is 10.0 Å². The van der Waals surface area contributed by atoms with Crippen LogP contribution in [0.2, 0.25) is 0 Å². The average Bonchev–Trinajstić information content (AvgIpc) is 3.68. The van der Waals surface area contributed by atoms with Gasteiger partial charge in [-0.2, -0.15) is 4.31 Å². The molecule has 1 saturated heterocycles. The number of nitrogens with one attached hydrogen (secondary N) is 1.